The lowest BCUT2D eigenvalue weighted by Gasteiger charge is -2.37. The van der Waals surface area contributed by atoms with E-state index in [1.807, 2.05) is 41.5 Å². The first-order valence-electron chi connectivity index (χ1n) is 17.5. The van der Waals surface area contributed by atoms with E-state index in [2.05, 4.69) is 23.9 Å². The van der Waals surface area contributed by atoms with Gasteiger partial charge in [-0.3, -0.25) is 14.4 Å². The number of benzene rings is 3. The van der Waals surface area contributed by atoms with E-state index in [0.717, 1.165) is 31.4 Å². The van der Waals surface area contributed by atoms with Crippen LogP contribution in [0.25, 0.3) is 0 Å². The maximum absolute atomic E-state index is 14.3. The molecule has 1 aliphatic rings. The number of anilines is 2. The SMILES string of the molecule is CCCCC1(CCCC)CN(c2ccccc2)c2cc(SC)c(OCC(=O)N[C@@H](C(=O)C[C@H](C(=O)O)[C@@H](C)O)c3ccc(O)cc3)cc2S(=O)(=O)N1. The molecular weight excluding hydrogens is 707 g/mol. The van der Waals surface area contributed by atoms with Gasteiger partial charge in [0.1, 0.15) is 22.4 Å². The molecule has 52 heavy (non-hydrogen) atoms. The van der Waals surface area contributed by atoms with Crippen LogP contribution in [0.15, 0.2) is 76.5 Å². The number of sulfonamides is 1. The fraction of sp³-hybridized carbons (Fsp3) is 0.447. The quantitative estimate of drug-likeness (QED) is 0.0969. The number of para-hydroxylation sites is 1. The number of unbranched alkanes of at least 4 members (excludes halogenated alkanes) is 2. The zero-order valence-corrected chi connectivity index (χ0v) is 31.6. The maximum atomic E-state index is 14.3. The molecule has 3 atom stereocenters. The summed E-state index contributed by atoms with van der Waals surface area (Å²) in [5.41, 5.74) is 0.877. The number of fused-ring (bicyclic) bond motifs is 1. The molecule has 1 amide bonds. The summed E-state index contributed by atoms with van der Waals surface area (Å²) in [5.74, 6) is -4.09. The van der Waals surface area contributed by atoms with Gasteiger partial charge in [0, 0.05) is 24.7 Å². The minimum absolute atomic E-state index is 0.00872. The Balaban J connectivity index is 1.69. The number of ketones is 1. The molecule has 282 valence electrons. The van der Waals surface area contributed by atoms with Gasteiger partial charge in [0.25, 0.3) is 5.91 Å². The van der Waals surface area contributed by atoms with Gasteiger partial charge in [-0.05, 0) is 61.9 Å². The molecule has 0 spiro atoms. The number of phenolic OH excluding ortho intramolecular Hbond substituents is 1. The summed E-state index contributed by atoms with van der Waals surface area (Å²) in [5, 5.41) is 31.9. The number of Topliss-reactive ketones (excluding diaryl/α,β-unsaturated/α-hetero) is 1. The molecule has 1 aliphatic heterocycles. The predicted octanol–water partition coefficient (Wildman–Crippen LogP) is 5.94. The van der Waals surface area contributed by atoms with Crippen LogP contribution in [0.2, 0.25) is 0 Å². The van der Waals surface area contributed by atoms with Crippen molar-refractivity contribution in [2.75, 3.05) is 24.3 Å². The first-order chi connectivity index (χ1) is 24.7. The average molecular weight is 756 g/mol. The molecule has 12 nitrogen and oxygen atoms in total. The van der Waals surface area contributed by atoms with E-state index in [0.29, 0.717) is 30.0 Å². The number of aliphatic hydroxyl groups excluding tert-OH is 1. The molecule has 5 N–H and O–H groups in total. The first-order valence-corrected chi connectivity index (χ1v) is 20.2. The van der Waals surface area contributed by atoms with Gasteiger partial charge < -0.3 is 30.3 Å². The van der Waals surface area contributed by atoms with Crippen molar-refractivity contribution in [2.24, 2.45) is 5.92 Å². The van der Waals surface area contributed by atoms with E-state index in [-0.39, 0.29) is 22.0 Å². The predicted molar refractivity (Wildman–Crippen MR) is 201 cm³/mol. The lowest BCUT2D eigenvalue weighted by atomic mass is 9.87. The number of hydrogen-bond donors (Lipinski definition) is 5. The smallest absolute Gasteiger partial charge is 0.309 e. The zero-order chi connectivity index (χ0) is 38.1. The van der Waals surface area contributed by atoms with Gasteiger partial charge in [0.15, 0.2) is 12.4 Å². The molecule has 0 unspecified atom stereocenters. The number of nitrogens with one attached hydrogen (secondary N) is 2. The molecule has 0 fully saturated rings. The van der Waals surface area contributed by atoms with E-state index in [9.17, 15) is 38.1 Å². The number of carbonyl (C=O) groups is 3. The van der Waals surface area contributed by atoms with Crippen LogP contribution in [0, 0.1) is 5.92 Å². The third-order valence-electron chi connectivity index (χ3n) is 9.26. The number of carboxylic acids is 1. The average Bonchev–Trinajstić information content (AvgIpc) is 3.21. The molecule has 3 aromatic rings. The number of aromatic hydroxyl groups is 1. The van der Waals surface area contributed by atoms with E-state index in [4.69, 9.17) is 4.74 Å². The van der Waals surface area contributed by atoms with E-state index < -0.39 is 64.3 Å². The second-order valence-electron chi connectivity index (χ2n) is 13.2. The minimum atomic E-state index is -4.08. The number of amides is 1. The van der Waals surface area contributed by atoms with Gasteiger partial charge in [0.2, 0.25) is 10.0 Å². The zero-order valence-electron chi connectivity index (χ0n) is 30.0. The van der Waals surface area contributed by atoms with Gasteiger partial charge in [-0.15, -0.1) is 11.8 Å². The van der Waals surface area contributed by atoms with Crippen LogP contribution in [-0.4, -0.2) is 72.4 Å². The highest BCUT2D eigenvalue weighted by molar-refractivity contribution is 7.98. The summed E-state index contributed by atoms with van der Waals surface area (Å²) >= 11 is 1.33. The number of hydrogen-bond acceptors (Lipinski definition) is 10. The van der Waals surface area contributed by atoms with Gasteiger partial charge >= 0.3 is 5.97 Å². The fourth-order valence-electron chi connectivity index (χ4n) is 6.40. The van der Waals surface area contributed by atoms with Gasteiger partial charge in [-0.1, -0.05) is 69.9 Å². The fourth-order valence-corrected chi connectivity index (χ4v) is 8.61. The number of thioether (sulfide) groups is 1. The highest BCUT2D eigenvalue weighted by Crippen LogP contribution is 2.44. The van der Waals surface area contributed by atoms with Gasteiger partial charge in [-0.25, -0.2) is 13.1 Å². The first kappa shape index (κ1) is 40.7. The van der Waals surface area contributed by atoms with E-state index >= 15 is 0 Å². The van der Waals surface area contributed by atoms with Gasteiger partial charge in [-0.2, -0.15) is 0 Å². The number of rotatable bonds is 18. The van der Waals surface area contributed by atoms with Crippen molar-refractivity contribution in [3.05, 3.63) is 72.3 Å². The summed E-state index contributed by atoms with van der Waals surface area (Å²) in [6.07, 6.45) is 4.73. The number of carbonyl (C=O) groups excluding carboxylic acids is 2. The molecule has 1 heterocycles. The number of nitrogens with zero attached hydrogens (tertiary/aromatic N) is 1. The van der Waals surface area contributed by atoms with Crippen molar-refractivity contribution in [3.63, 3.8) is 0 Å². The molecule has 3 aromatic carbocycles. The largest absolute Gasteiger partial charge is 0.508 e. The molecule has 0 radical (unpaired) electrons. The van der Waals surface area contributed by atoms with Crippen LogP contribution in [0.4, 0.5) is 11.4 Å². The van der Waals surface area contributed by atoms with Crippen LogP contribution >= 0.6 is 11.8 Å². The topological polar surface area (TPSA) is 183 Å². The molecule has 0 aliphatic carbocycles. The third-order valence-corrected chi connectivity index (χ3v) is 11.6. The maximum Gasteiger partial charge on any atom is 0.309 e. The number of aliphatic hydroxyl groups is 1. The molecule has 0 saturated carbocycles. The number of carboxylic acid groups (broad SMARTS) is 1. The lowest BCUT2D eigenvalue weighted by molar-refractivity contribution is -0.147. The van der Waals surface area contributed by atoms with Crippen LogP contribution in [0.5, 0.6) is 11.5 Å². The highest BCUT2D eigenvalue weighted by atomic mass is 32.2. The Labute approximate surface area is 310 Å². The summed E-state index contributed by atoms with van der Waals surface area (Å²) in [7, 11) is -4.08. The summed E-state index contributed by atoms with van der Waals surface area (Å²) in [4.78, 5) is 41.1. The molecule has 0 bridgehead atoms. The third kappa shape index (κ3) is 10.1. The molecular formula is C38H49N3O9S2. The normalized spacial score (nSPS) is 16.5. The molecule has 0 aromatic heterocycles. The summed E-state index contributed by atoms with van der Waals surface area (Å²) < 4.78 is 37.7. The Morgan fingerprint density at radius 1 is 1.02 bits per heavy atom. The molecule has 0 saturated heterocycles. The Kier molecular flexibility index (Phi) is 14.1. The highest BCUT2D eigenvalue weighted by Gasteiger charge is 2.42. The second kappa shape index (κ2) is 18.1. The van der Waals surface area contributed by atoms with Crippen molar-refractivity contribution < 1.29 is 42.9 Å². The van der Waals surface area contributed by atoms with Crippen molar-refractivity contribution in [2.45, 2.75) is 93.2 Å². The Morgan fingerprint density at radius 3 is 2.21 bits per heavy atom. The van der Waals surface area contributed by atoms with E-state index in [1.165, 1.54) is 49.0 Å². The monoisotopic (exact) mass is 755 g/mol. The van der Waals surface area contributed by atoms with Crippen molar-refractivity contribution in [1.82, 2.24) is 10.0 Å². The minimum Gasteiger partial charge on any atom is -0.508 e. The van der Waals surface area contributed by atoms with Crippen molar-refractivity contribution >= 4 is 50.8 Å². The standard InChI is InChI=1S/C38H49N3O9S2/c1-5-7-18-38(19-8-6-2)24-41(27-12-10-9-11-13-27)30-21-33(51-4)32(22-34(30)52(48,49)40-38)50-23-35(45)39-36(26-14-16-28(43)17-15-26)31(44)20-29(25(3)42)37(46)47/h9-17,21-22,25,29,36,40,42-43H,5-8,18-20,23-24H2,1-4H3,(H,39,45)(H,46,47)/t25-,29+,36-/m1/s1. The second-order valence-corrected chi connectivity index (χ2v) is 15.7. The summed E-state index contributed by atoms with van der Waals surface area (Å²) in [6.45, 7) is 5.25. The van der Waals surface area contributed by atoms with E-state index in [1.54, 1.807) is 6.07 Å². The molecule has 14 heteroatoms. The molecule has 4 rings (SSSR count). The van der Waals surface area contributed by atoms with Crippen LogP contribution in [-0.2, 0) is 24.4 Å². The van der Waals surface area contributed by atoms with Crippen molar-refractivity contribution in [3.8, 4) is 11.5 Å². The Hall–Kier alpha value is -4.11. The number of aliphatic carboxylic acids is 1. The van der Waals surface area contributed by atoms with Crippen LogP contribution < -0.4 is 19.7 Å². The van der Waals surface area contributed by atoms with Crippen LogP contribution in [0.1, 0.15) is 77.3 Å². The Morgan fingerprint density at radius 2 is 1.65 bits per heavy atom. The number of phenols is 1. The summed E-state index contributed by atoms with van der Waals surface area (Å²) in [6, 6.07) is 17.0. The van der Waals surface area contributed by atoms with Gasteiger partial charge in [0.05, 0.1) is 28.1 Å². The Bertz CT molecular complexity index is 1790. The van der Waals surface area contributed by atoms with Crippen LogP contribution in [0.3, 0.4) is 0 Å². The van der Waals surface area contributed by atoms with Crippen molar-refractivity contribution in [1.29, 1.82) is 0 Å². The lowest BCUT2D eigenvalue weighted by Crippen LogP contribution is -2.53. The number of ether oxygens (including phenoxy) is 1.